The molecule has 1 N–H and O–H groups in total. The van der Waals surface area contributed by atoms with Gasteiger partial charge in [0.1, 0.15) is 11.8 Å². The molecule has 2 rings (SSSR count). The molecule has 1 unspecified atom stereocenters. The molecule has 4 nitrogen and oxygen atoms in total. The number of nitriles is 1. The standard InChI is InChI=1S/C12H17N3O/c1-12(3-4-16-9-12)14-7-10-5-11(6-13)15(2)8-10/h5,8,14H,3-4,7,9H2,1-2H3. The normalized spacial score (nSPS) is 24.6. The third-order valence-corrected chi connectivity index (χ3v) is 3.11. The lowest BCUT2D eigenvalue weighted by Crippen LogP contribution is -2.42. The van der Waals surface area contributed by atoms with Crippen LogP contribution in [0.3, 0.4) is 0 Å². The molecule has 1 fully saturated rings. The monoisotopic (exact) mass is 219 g/mol. The van der Waals surface area contributed by atoms with Gasteiger partial charge in [0.05, 0.1) is 6.61 Å². The topological polar surface area (TPSA) is 50.0 Å². The van der Waals surface area contributed by atoms with E-state index in [1.165, 1.54) is 0 Å². The predicted molar refractivity (Wildman–Crippen MR) is 60.8 cm³/mol. The number of aromatic nitrogens is 1. The lowest BCUT2D eigenvalue weighted by atomic mass is 10.0. The second kappa shape index (κ2) is 4.28. The first-order valence-corrected chi connectivity index (χ1v) is 5.51. The zero-order valence-corrected chi connectivity index (χ0v) is 9.79. The van der Waals surface area contributed by atoms with Crippen LogP contribution >= 0.6 is 0 Å². The van der Waals surface area contributed by atoms with E-state index in [0.29, 0.717) is 5.69 Å². The van der Waals surface area contributed by atoms with Crippen LogP contribution in [0.1, 0.15) is 24.6 Å². The summed E-state index contributed by atoms with van der Waals surface area (Å²) in [5, 5.41) is 12.3. The molecule has 1 aromatic rings. The Morgan fingerprint density at radius 3 is 3.06 bits per heavy atom. The minimum atomic E-state index is 0.0860. The number of aryl methyl sites for hydroxylation is 1. The summed E-state index contributed by atoms with van der Waals surface area (Å²) in [5.41, 5.74) is 1.93. The zero-order valence-electron chi connectivity index (χ0n) is 9.79. The molecule has 1 saturated heterocycles. The predicted octanol–water partition coefficient (Wildman–Crippen LogP) is 1.17. The summed E-state index contributed by atoms with van der Waals surface area (Å²) in [6.45, 7) is 4.57. The Morgan fingerprint density at radius 2 is 2.50 bits per heavy atom. The molecular weight excluding hydrogens is 202 g/mol. The van der Waals surface area contributed by atoms with Crippen molar-refractivity contribution in [3.8, 4) is 6.07 Å². The minimum Gasteiger partial charge on any atom is -0.379 e. The van der Waals surface area contributed by atoms with E-state index >= 15 is 0 Å². The van der Waals surface area contributed by atoms with Crippen LogP contribution in [0.2, 0.25) is 0 Å². The van der Waals surface area contributed by atoms with Crippen LogP contribution in [-0.2, 0) is 18.3 Å². The maximum Gasteiger partial charge on any atom is 0.120 e. The van der Waals surface area contributed by atoms with Crippen molar-refractivity contribution < 1.29 is 4.74 Å². The van der Waals surface area contributed by atoms with Crippen molar-refractivity contribution in [2.75, 3.05) is 13.2 Å². The third kappa shape index (κ3) is 2.26. The Balaban J connectivity index is 1.97. The summed E-state index contributed by atoms with van der Waals surface area (Å²) in [7, 11) is 1.89. The van der Waals surface area contributed by atoms with Gasteiger partial charge in [0.2, 0.25) is 0 Å². The number of hydrogen-bond donors (Lipinski definition) is 1. The Bertz CT molecular complexity index is 410. The Hall–Kier alpha value is -1.31. The van der Waals surface area contributed by atoms with Gasteiger partial charge < -0.3 is 14.6 Å². The average molecular weight is 219 g/mol. The molecule has 1 aromatic heterocycles. The lowest BCUT2D eigenvalue weighted by molar-refractivity contribution is 0.171. The van der Waals surface area contributed by atoms with Gasteiger partial charge in [0.25, 0.3) is 0 Å². The highest BCUT2D eigenvalue weighted by atomic mass is 16.5. The second-order valence-corrected chi connectivity index (χ2v) is 4.67. The Kier molecular flexibility index (Phi) is 2.99. The number of rotatable bonds is 3. The molecule has 86 valence electrons. The van der Waals surface area contributed by atoms with E-state index in [1.807, 2.05) is 23.9 Å². The van der Waals surface area contributed by atoms with Crippen molar-refractivity contribution in [1.29, 1.82) is 5.26 Å². The summed E-state index contributed by atoms with van der Waals surface area (Å²) >= 11 is 0. The Morgan fingerprint density at radius 1 is 1.69 bits per heavy atom. The summed E-state index contributed by atoms with van der Waals surface area (Å²) < 4.78 is 7.23. The number of hydrogen-bond acceptors (Lipinski definition) is 3. The van der Waals surface area contributed by atoms with Gasteiger partial charge in [-0.1, -0.05) is 0 Å². The summed E-state index contributed by atoms with van der Waals surface area (Å²) in [5.74, 6) is 0. The molecule has 0 amide bonds. The SMILES string of the molecule is Cn1cc(CNC2(C)CCOC2)cc1C#N. The number of ether oxygens (including phenoxy) is 1. The Labute approximate surface area is 95.8 Å². The van der Waals surface area contributed by atoms with Gasteiger partial charge in [-0.05, 0) is 25.0 Å². The lowest BCUT2D eigenvalue weighted by Gasteiger charge is -2.23. The minimum absolute atomic E-state index is 0.0860. The molecule has 1 aliphatic heterocycles. The number of nitrogens with one attached hydrogen (secondary N) is 1. The molecule has 2 heterocycles. The van der Waals surface area contributed by atoms with Crippen LogP contribution in [-0.4, -0.2) is 23.3 Å². The highest BCUT2D eigenvalue weighted by molar-refractivity contribution is 5.28. The van der Waals surface area contributed by atoms with Gasteiger partial charge >= 0.3 is 0 Å². The molecule has 4 heteroatoms. The maximum absolute atomic E-state index is 8.85. The van der Waals surface area contributed by atoms with E-state index in [2.05, 4.69) is 18.3 Å². The van der Waals surface area contributed by atoms with E-state index < -0.39 is 0 Å². The van der Waals surface area contributed by atoms with Gasteiger partial charge in [-0.2, -0.15) is 5.26 Å². The summed E-state index contributed by atoms with van der Waals surface area (Å²) in [4.78, 5) is 0. The quantitative estimate of drug-likeness (QED) is 0.830. The summed E-state index contributed by atoms with van der Waals surface area (Å²) in [6.07, 6.45) is 3.04. The molecule has 0 aromatic carbocycles. The van der Waals surface area contributed by atoms with Gasteiger partial charge in [-0.3, -0.25) is 0 Å². The van der Waals surface area contributed by atoms with E-state index in [4.69, 9.17) is 10.00 Å². The highest BCUT2D eigenvalue weighted by Gasteiger charge is 2.28. The first-order valence-electron chi connectivity index (χ1n) is 5.51. The van der Waals surface area contributed by atoms with Gasteiger partial charge in [0, 0.05) is 31.9 Å². The molecule has 0 aliphatic carbocycles. The molecule has 16 heavy (non-hydrogen) atoms. The largest absolute Gasteiger partial charge is 0.379 e. The average Bonchev–Trinajstić information content (AvgIpc) is 2.83. The second-order valence-electron chi connectivity index (χ2n) is 4.67. The van der Waals surface area contributed by atoms with E-state index in [0.717, 1.165) is 31.7 Å². The van der Waals surface area contributed by atoms with E-state index in [-0.39, 0.29) is 5.54 Å². The van der Waals surface area contributed by atoms with Crippen LogP contribution in [0.15, 0.2) is 12.3 Å². The fraction of sp³-hybridized carbons (Fsp3) is 0.583. The van der Waals surface area contributed by atoms with Gasteiger partial charge in [-0.25, -0.2) is 0 Å². The maximum atomic E-state index is 8.85. The van der Waals surface area contributed by atoms with E-state index in [1.54, 1.807) is 0 Å². The molecule has 0 bridgehead atoms. The molecule has 1 aliphatic rings. The summed E-state index contributed by atoms with van der Waals surface area (Å²) in [6, 6.07) is 4.09. The van der Waals surface area contributed by atoms with Gasteiger partial charge in [0.15, 0.2) is 0 Å². The number of nitrogens with zero attached hydrogens (tertiary/aromatic N) is 2. The first-order chi connectivity index (χ1) is 7.63. The molecule has 0 saturated carbocycles. The zero-order chi connectivity index (χ0) is 11.6. The van der Waals surface area contributed by atoms with Crippen LogP contribution in [0.5, 0.6) is 0 Å². The van der Waals surface area contributed by atoms with Crippen LogP contribution in [0, 0.1) is 11.3 Å². The molecule has 0 radical (unpaired) electrons. The van der Waals surface area contributed by atoms with Crippen LogP contribution in [0.25, 0.3) is 0 Å². The third-order valence-electron chi connectivity index (χ3n) is 3.11. The molecule has 1 atom stereocenters. The van der Waals surface area contributed by atoms with Crippen molar-refractivity contribution in [3.05, 3.63) is 23.5 Å². The fourth-order valence-corrected chi connectivity index (χ4v) is 1.96. The van der Waals surface area contributed by atoms with Crippen LogP contribution < -0.4 is 5.32 Å². The van der Waals surface area contributed by atoms with Crippen molar-refractivity contribution in [1.82, 2.24) is 9.88 Å². The van der Waals surface area contributed by atoms with Crippen molar-refractivity contribution >= 4 is 0 Å². The van der Waals surface area contributed by atoms with Crippen molar-refractivity contribution in [2.24, 2.45) is 7.05 Å². The molecular formula is C12H17N3O. The molecule has 0 spiro atoms. The van der Waals surface area contributed by atoms with Gasteiger partial charge in [-0.15, -0.1) is 0 Å². The smallest absolute Gasteiger partial charge is 0.120 e. The highest BCUT2D eigenvalue weighted by Crippen LogP contribution is 2.18. The van der Waals surface area contributed by atoms with Crippen molar-refractivity contribution in [3.63, 3.8) is 0 Å². The van der Waals surface area contributed by atoms with Crippen molar-refractivity contribution in [2.45, 2.75) is 25.4 Å². The van der Waals surface area contributed by atoms with E-state index in [9.17, 15) is 0 Å². The first kappa shape index (κ1) is 11.2. The van der Waals surface area contributed by atoms with Crippen LogP contribution in [0.4, 0.5) is 0 Å². The fourth-order valence-electron chi connectivity index (χ4n) is 1.96.